The van der Waals surface area contributed by atoms with Gasteiger partial charge < -0.3 is 4.90 Å². The molecular weight excluding hydrogens is 348 g/mol. The minimum absolute atomic E-state index is 0.0396. The largest absolute Gasteiger partial charge is 0.332 e. The van der Waals surface area contributed by atoms with Crippen LogP contribution in [-0.2, 0) is 16.4 Å². The number of aryl methyl sites for hydroxylation is 1. The molecule has 26 heavy (non-hydrogen) atoms. The molecule has 0 N–H and O–H groups in total. The van der Waals surface area contributed by atoms with Crippen LogP contribution in [0, 0.1) is 0 Å². The Bertz CT molecular complexity index is 922. The summed E-state index contributed by atoms with van der Waals surface area (Å²) in [5.74, 6) is -0.134. The van der Waals surface area contributed by atoms with Crippen LogP contribution in [0.15, 0.2) is 53.4 Å². The molecule has 0 saturated carbocycles. The lowest BCUT2D eigenvalue weighted by Crippen LogP contribution is -2.34. The van der Waals surface area contributed by atoms with Gasteiger partial charge in [-0.2, -0.15) is 0 Å². The molecule has 0 unspecified atom stereocenters. The maximum absolute atomic E-state index is 13.1. The van der Waals surface area contributed by atoms with Crippen molar-refractivity contribution in [1.29, 1.82) is 0 Å². The summed E-state index contributed by atoms with van der Waals surface area (Å²) in [4.78, 5) is 15.1. The molecule has 2 aromatic rings. The highest BCUT2D eigenvalue weighted by atomic mass is 32.2. The molecule has 0 aromatic heterocycles. The fraction of sp³-hybridized carbons (Fsp3) is 0.350. The number of carbonyl (C=O) groups is 1. The molecule has 0 radical (unpaired) electrons. The van der Waals surface area contributed by atoms with Crippen molar-refractivity contribution in [3.63, 3.8) is 0 Å². The van der Waals surface area contributed by atoms with Crippen molar-refractivity contribution in [1.82, 2.24) is 9.21 Å². The zero-order chi connectivity index (χ0) is 18.9. The number of hydrogen-bond acceptors (Lipinski definition) is 3. The van der Waals surface area contributed by atoms with Gasteiger partial charge in [-0.25, -0.2) is 12.7 Å². The van der Waals surface area contributed by atoms with Gasteiger partial charge in [0.05, 0.1) is 10.9 Å². The summed E-state index contributed by atoms with van der Waals surface area (Å²) in [5, 5.41) is 0. The van der Waals surface area contributed by atoms with Crippen LogP contribution < -0.4 is 0 Å². The van der Waals surface area contributed by atoms with Crippen LogP contribution in [0.5, 0.6) is 0 Å². The van der Waals surface area contributed by atoms with Gasteiger partial charge in [0.25, 0.3) is 5.91 Å². The summed E-state index contributed by atoms with van der Waals surface area (Å²) in [6.07, 6.45) is 1.86. The van der Waals surface area contributed by atoms with E-state index in [1.54, 1.807) is 12.1 Å². The Morgan fingerprint density at radius 2 is 1.85 bits per heavy atom. The van der Waals surface area contributed by atoms with E-state index in [9.17, 15) is 13.2 Å². The number of carbonyl (C=O) groups excluding carboxylic acids is 1. The first-order valence-electron chi connectivity index (χ1n) is 8.77. The number of amides is 1. The molecule has 6 heteroatoms. The van der Waals surface area contributed by atoms with Crippen LogP contribution in [0.4, 0.5) is 0 Å². The van der Waals surface area contributed by atoms with Crippen LogP contribution in [0.25, 0.3) is 0 Å². The maximum atomic E-state index is 13.1. The van der Waals surface area contributed by atoms with Gasteiger partial charge in [-0.05, 0) is 49.1 Å². The minimum Gasteiger partial charge on any atom is -0.332 e. The third kappa shape index (κ3) is 3.27. The van der Waals surface area contributed by atoms with Crippen molar-refractivity contribution in [3.05, 3.63) is 65.2 Å². The Balaban J connectivity index is 1.94. The summed E-state index contributed by atoms with van der Waals surface area (Å²) in [6, 6.07) is 14.6. The van der Waals surface area contributed by atoms with Crippen molar-refractivity contribution in [2.75, 3.05) is 20.6 Å². The number of sulfonamides is 1. The first-order chi connectivity index (χ1) is 12.4. The lowest BCUT2D eigenvalue weighted by molar-refractivity contribution is 0.0688. The molecule has 0 saturated heterocycles. The van der Waals surface area contributed by atoms with Crippen molar-refractivity contribution < 1.29 is 13.2 Å². The highest BCUT2D eigenvalue weighted by molar-refractivity contribution is 7.89. The van der Waals surface area contributed by atoms with E-state index in [-0.39, 0.29) is 16.8 Å². The average molecular weight is 372 g/mol. The molecule has 2 aromatic carbocycles. The normalized spacial score (nSPS) is 16.5. The van der Waals surface area contributed by atoms with E-state index in [1.165, 1.54) is 37.4 Å². The van der Waals surface area contributed by atoms with E-state index < -0.39 is 10.0 Å². The van der Waals surface area contributed by atoms with Gasteiger partial charge in [0.1, 0.15) is 0 Å². The summed E-state index contributed by atoms with van der Waals surface area (Å²) in [7, 11) is -0.603. The highest BCUT2D eigenvalue weighted by Crippen LogP contribution is 2.36. The highest BCUT2D eigenvalue weighted by Gasteiger charge is 2.30. The van der Waals surface area contributed by atoms with Crippen molar-refractivity contribution in [2.45, 2.75) is 30.7 Å². The van der Waals surface area contributed by atoms with Crippen molar-refractivity contribution in [3.8, 4) is 0 Å². The monoisotopic (exact) mass is 372 g/mol. The number of rotatable bonds is 5. The van der Waals surface area contributed by atoms with E-state index in [2.05, 4.69) is 12.1 Å². The van der Waals surface area contributed by atoms with Gasteiger partial charge in [0.15, 0.2) is 0 Å². The molecule has 138 valence electrons. The van der Waals surface area contributed by atoms with Gasteiger partial charge in [0.2, 0.25) is 10.0 Å². The molecule has 1 aliphatic carbocycles. The number of hydrogen-bond donors (Lipinski definition) is 0. The summed E-state index contributed by atoms with van der Waals surface area (Å²) >= 11 is 0. The lowest BCUT2D eigenvalue weighted by Gasteiger charge is -2.29. The van der Waals surface area contributed by atoms with E-state index in [1.807, 2.05) is 24.0 Å². The number of nitrogens with zero attached hydrogens (tertiary/aromatic N) is 2. The Hall–Kier alpha value is -2.18. The lowest BCUT2D eigenvalue weighted by atomic mass is 10.1. The minimum atomic E-state index is -3.57. The SMILES string of the molecule is CCN(C(=O)c1cccc(S(=O)(=O)N(C)C)c1)[C@H]1CCc2ccccc21. The Kier molecular flexibility index (Phi) is 5.16. The van der Waals surface area contributed by atoms with Gasteiger partial charge in [0, 0.05) is 26.2 Å². The Morgan fingerprint density at radius 1 is 1.12 bits per heavy atom. The second kappa shape index (κ2) is 7.21. The van der Waals surface area contributed by atoms with Crippen molar-refractivity contribution >= 4 is 15.9 Å². The molecule has 1 aliphatic rings. The van der Waals surface area contributed by atoms with Crippen LogP contribution in [0.1, 0.15) is 40.9 Å². The molecule has 0 aliphatic heterocycles. The standard InChI is InChI=1S/C20H24N2O3S/c1-4-22(19-13-12-15-8-5-6-11-18(15)19)20(23)16-9-7-10-17(14-16)26(24,25)21(2)3/h5-11,14,19H,4,12-13H2,1-3H3/t19-/m0/s1. The fourth-order valence-corrected chi connectivity index (χ4v) is 4.48. The Morgan fingerprint density at radius 3 is 2.54 bits per heavy atom. The number of benzene rings is 2. The van der Waals surface area contributed by atoms with E-state index in [0.29, 0.717) is 12.1 Å². The first kappa shape index (κ1) is 18.6. The fourth-order valence-electron chi connectivity index (χ4n) is 3.53. The molecule has 3 rings (SSSR count). The summed E-state index contributed by atoms with van der Waals surface area (Å²) in [5.41, 5.74) is 2.88. The first-order valence-corrected chi connectivity index (χ1v) is 10.2. The molecule has 0 heterocycles. The zero-order valence-electron chi connectivity index (χ0n) is 15.3. The maximum Gasteiger partial charge on any atom is 0.254 e. The smallest absolute Gasteiger partial charge is 0.254 e. The number of fused-ring (bicyclic) bond motifs is 1. The summed E-state index contributed by atoms with van der Waals surface area (Å²) < 4.78 is 25.9. The third-order valence-corrected chi connectivity index (χ3v) is 6.75. The predicted octanol–water partition coefficient (Wildman–Crippen LogP) is 3.09. The van der Waals surface area contributed by atoms with Gasteiger partial charge in [-0.1, -0.05) is 30.3 Å². The van der Waals surface area contributed by atoms with E-state index in [4.69, 9.17) is 0 Å². The second-order valence-electron chi connectivity index (χ2n) is 6.66. The molecular formula is C20H24N2O3S. The molecule has 5 nitrogen and oxygen atoms in total. The molecule has 1 amide bonds. The molecule has 0 fully saturated rings. The second-order valence-corrected chi connectivity index (χ2v) is 8.81. The third-order valence-electron chi connectivity index (χ3n) is 4.94. The van der Waals surface area contributed by atoms with Crippen molar-refractivity contribution in [2.24, 2.45) is 0 Å². The topological polar surface area (TPSA) is 57.7 Å². The quantitative estimate of drug-likeness (QED) is 0.810. The predicted molar refractivity (Wildman–Crippen MR) is 102 cm³/mol. The van der Waals surface area contributed by atoms with Gasteiger partial charge in [-0.3, -0.25) is 4.79 Å². The van der Waals surface area contributed by atoms with Crippen LogP contribution in [-0.4, -0.2) is 44.2 Å². The van der Waals surface area contributed by atoms with Crippen LogP contribution >= 0.6 is 0 Å². The van der Waals surface area contributed by atoms with Gasteiger partial charge in [-0.15, -0.1) is 0 Å². The average Bonchev–Trinajstić information content (AvgIpc) is 3.06. The molecule has 0 spiro atoms. The zero-order valence-corrected chi connectivity index (χ0v) is 16.2. The van der Waals surface area contributed by atoms with Gasteiger partial charge >= 0.3 is 0 Å². The van der Waals surface area contributed by atoms with E-state index >= 15 is 0 Å². The van der Waals surface area contributed by atoms with E-state index in [0.717, 1.165) is 17.1 Å². The van der Waals surface area contributed by atoms with Crippen LogP contribution in [0.3, 0.4) is 0 Å². The summed E-state index contributed by atoms with van der Waals surface area (Å²) in [6.45, 7) is 2.53. The molecule has 0 bridgehead atoms. The Labute approximate surface area is 155 Å². The van der Waals surface area contributed by atoms with Crippen LogP contribution in [0.2, 0.25) is 0 Å². The molecule has 1 atom stereocenters.